The Labute approximate surface area is 213 Å². The first kappa shape index (κ1) is 25.3. The van der Waals surface area contributed by atoms with Gasteiger partial charge in [-0.15, -0.1) is 0 Å². The summed E-state index contributed by atoms with van der Waals surface area (Å²) >= 11 is 6.26. The number of halogens is 1. The highest BCUT2D eigenvalue weighted by Crippen LogP contribution is 2.48. The first-order valence-corrected chi connectivity index (χ1v) is 12.9. The molecule has 0 aliphatic heterocycles. The average Bonchev–Trinajstić information content (AvgIpc) is 2.89. The summed E-state index contributed by atoms with van der Waals surface area (Å²) in [7, 11) is -4.24. The van der Waals surface area contributed by atoms with Gasteiger partial charge in [0, 0.05) is 5.39 Å². The fourth-order valence-corrected chi connectivity index (χ4v) is 5.23. The maximum Gasteiger partial charge on any atom is 0.513 e. The van der Waals surface area contributed by atoms with Crippen LogP contribution in [-0.2, 0) is 20.7 Å². The van der Waals surface area contributed by atoms with Crippen molar-refractivity contribution in [3.8, 4) is 17.6 Å². The Morgan fingerprint density at radius 1 is 0.972 bits per heavy atom. The molecule has 2 atom stereocenters. The van der Waals surface area contributed by atoms with Gasteiger partial charge in [0.2, 0.25) is 0 Å². The molecule has 0 saturated carbocycles. The van der Waals surface area contributed by atoms with Crippen molar-refractivity contribution in [3.05, 3.63) is 107 Å². The SMILES string of the molecule is C[C@H](NP(=O)(Oc1ccc(C#N)cc1Cl)Oc1cccc2ccccc12)C(=O)OCc1ccccc1. The number of fused-ring (bicyclic) bond motifs is 1. The van der Waals surface area contributed by atoms with Crippen LogP contribution in [0.5, 0.6) is 11.5 Å². The smallest absolute Gasteiger partial charge is 0.460 e. The molecule has 0 aliphatic rings. The standard InChI is InChI=1S/C27H22ClN2O5P/c1-19(27(31)33-18-20-8-3-2-4-9-20)30-36(32,35-26-15-14-21(17-29)16-24(26)28)34-25-13-7-11-22-10-5-6-12-23(22)25/h2-16,19H,18H2,1H3,(H,30,32)/t19-,36?/m0/s1. The number of hydrogen-bond acceptors (Lipinski definition) is 6. The number of hydrogen-bond donors (Lipinski definition) is 1. The number of rotatable bonds is 9. The van der Waals surface area contributed by atoms with Crippen molar-refractivity contribution in [1.29, 1.82) is 5.26 Å². The van der Waals surface area contributed by atoms with Crippen molar-refractivity contribution in [3.63, 3.8) is 0 Å². The van der Waals surface area contributed by atoms with E-state index >= 15 is 0 Å². The van der Waals surface area contributed by atoms with E-state index in [9.17, 15) is 9.36 Å². The van der Waals surface area contributed by atoms with Crippen molar-refractivity contribution in [2.45, 2.75) is 19.6 Å². The molecule has 4 aromatic carbocycles. The molecule has 0 spiro atoms. The van der Waals surface area contributed by atoms with E-state index in [0.717, 1.165) is 10.9 Å². The first-order chi connectivity index (χ1) is 17.4. The summed E-state index contributed by atoms with van der Waals surface area (Å²) in [6, 6.07) is 27.1. The van der Waals surface area contributed by atoms with E-state index in [1.54, 1.807) is 12.1 Å². The van der Waals surface area contributed by atoms with Crippen molar-refractivity contribution in [1.82, 2.24) is 5.09 Å². The van der Waals surface area contributed by atoms with E-state index < -0.39 is 19.8 Å². The molecule has 36 heavy (non-hydrogen) atoms. The fourth-order valence-electron chi connectivity index (χ4n) is 3.39. The Hall–Kier alpha value is -3.82. The third kappa shape index (κ3) is 6.24. The van der Waals surface area contributed by atoms with Gasteiger partial charge in [0.15, 0.2) is 0 Å². The molecule has 0 aliphatic carbocycles. The quantitative estimate of drug-likeness (QED) is 0.195. The number of nitrogens with zero attached hydrogens (tertiary/aromatic N) is 1. The summed E-state index contributed by atoms with van der Waals surface area (Å²) in [5.74, 6) is -0.328. The van der Waals surface area contributed by atoms with Crippen molar-refractivity contribution >= 4 is 36.1 Å². The Bertz CT molecular complexity index is 1470. The molecule has 182 valence electrons. The van der Waals surface area contributed by atoms with Gasteiger partial charge in [-0.1, -0.05) is 78.3 Å². The monoisotopic (exact) mass is 520 g/mol. The molecule has 0 heterocycles. The summed E-state index contributed by atoms with van der Waals surface area (Å²) in [6.07, 6.45) is 0. The predicted octanol–water partition coefficient (Wildman–Crippen LogP) is 6.65. The first-order valence-electron chi connectivity index (χ1n) is 11.0. The van der Waals surface area contributed by atoms with Gasteiger partial charge in [0.25, 0.3) is 0 Å². The molecule has 7 nitrogen and oxygen atoms in total. The molecule has 0 saturated heterocycles. The highest BCUT2D eigenvalue weighted by atomic mass is 35.5. The van der Waals surface area contributed by atoms with Crippen molar-refractivity contribution < 1.29 is 23.1 Å². The molecule has 0 bridgehead atoms. The molecule has 4 aromatic rings. The van der Waals surface area contributed by atoms with Gasteiger partial charge in [0.1, 0.15) is 24.1 Å². The van der Waals surface area contributed by atoms with Gasteiger partial charge in [0.05, 0.1) is 16.7 Å². The van der Waals surface area contributed by atoms with Gasteiger partial charge < -0.3 is 13.8 Å². The second-order valence-corrected chi connectivity index (χ2v) is 9.88. The number of nitriles is 1. The average molecular weight is 521 g/mol. The number of carbonyl (C=O) groups excluding carboxylic acids is 1. The number of carbonyl (C=O) groups is 1. The number of ether oxygens (including phenoxy) is 1. The van der Waals surface area contributed by atoms with Crippen LogP contribution in [0.1, 0.15) is 18.1 Å². The van der Waals surface area contributed by atoms with Crippen LogP contribution < -0.4 is 14.1 Å². The molecule has 1 N–H and O–H groups in total. The second-order valence-electron chi connectivity index (χ2n) is 7.86. The van der Waals surface area contributed by atoms with Crippen LogP contribution in [-0.4, -0.2) is 12.0 Å². The number of benzene rings is 4. The second kappa shape index (κ2) is 11.3. The molecular formula is C27H22ClN2O5P. The summed E-state index contributed by atoms with van der Waals surface area (Å²) in [5, 5.41) is 13.4. The lowest BCUT2D eigenvalue weighted by Crippen LogP contribution is -2.35. The lowest BCUT2D eigenvalue weighted by molar-refractivity contribution is -0.146. The minimum Gasteiger partial charge on any atom is -0.460 e. The molecule has 4 rings (SSSR count). The van der Waals surface area contributed by atoms with Crippen LogP contribution in [0.3, 0.4) is 0 Å². The minimum atomic E-state index is -4.24. The van der Waals surface area contributed by atoms with E-state index in [2.05, 4.69) is 5.09 Å². The van der Waals surface area contributed by atoms with E-state index in [0.29, 0.717) is 16.7 Å². The fraction of sp³-hybridized carbons (Fsp3) is 0.111. The van der Waals surface area contributed by atoms with Crippen LogP contribution in [0.25, 0.3) is 10.8 Å². The van der Waals surface area contributed by atoms with Gasteiger partial charge >= 0.3 is 13.7 Å². The normalized spacial score (nSPS) is 13.2. The van der Waals surface area contributed by atoms with Crippen LogP contribution in [0.2, 0.25) is 5.02 Å². The lowest BCUT2D eigenvalue weighted by Gasteiger charge is -2.24. The van der Waals surface area contributed by atoms with Gasteiger partial charge in [-0.3, -0.25) is 4.79 Å². The molecular weight excluding hydrogens is 499 g/mol. The molecule has 0 aromatic heterocycles. The zero-order valence-electron chi connectivity index (χ0n) is 19.3. The van der Waals surface area contributed by atoms with E-state index in [1.165, 1.54) is 25.1 Å². The van der Waals surface area contributed by atoms with Crippen LogP contribution in [0.15, 0.2) is 91.0 Å². The molecule has 0 radical (unpaired) electrons. The van der Waals surface area contributed by atoms with Crippen LogP contribution in [0.4, 0.5) is 0 Å². The Morgan fingerprint density at radius 3 is 2.42 bits per heavy atom. The number of esters is 1. The molecule has 0 amide bonds. The Morgan fingerprint density at radius 2 is 1.67 bits per heavy atom. The van der Waals surface area contributed by atoms with Crippen molar-refractivity contribution in [2.24, 2.45) is 0 Å². The molecule has 9 heteroatoms. The maximum absolute atomic E-state index is 14.0. The highest BCUT2D eigenvalue weighted by molar-refractivity contribution is 7.52. The van der Waals surface area contributed by atoms with Crippen LogP contribution >= 0.6 is 19.3 Å². The summed E-state index contributed by atoms with van der Waals surface area (Å²) in [4.78, 5) is 12.7. The molecule has 1 unspecified atom stereocenters. The zero-order valence-corrected chi connectivity index (χ0v) is 20.9. The van der Waals surface area contributed by atoms with Gasteiger partial charge in [-0.05, 0) is 42.1 Å². The van der Waals surface area contributed by atoms with Crippen molar-refractivity contribution in [2.75, 3.05) is 0 Å². The molecule has 0 fully saturated rings. The van der Waals surface area contributed by atoms with E-state index in [-0.39, 0.29) is 17.4 Å². The zero-order chi connectivity index (χ0) is 25.5. The maximum atomic E-state index is 14.0. The predicted molar refractivity (Wildman–Crippen MR) is 138 cm³/mol. The summed E-state index contributed by atoms with van der Waals surface area (Å²) < 4.78 is 31.0. The number of nitrogens with one attached hydrogen (secondary N) is 1. The third-order valence-electron chi connectivity index (χ3n) is 5.18. The van der Waals surface area contributed by atoms with E-state index in [4.69, 9.17) is 30.6 Å². The van der Waals surface area contributed by atoms with Gasteiger partial charge in [-0.25, -0.2) is 4.57 Å². The highest BCUT2D eigenvalue weighted by Gasteiger charge is 2.35. The van der Waals surface area contributed by atoms with Gasteiger partial charge in [-0.2, -0.15) is 10.3 Å². The summed E-state index contributed by atoms with van der Waals surface area (Å²) in [5.41, 5.74) is 1.12. The van der Waals surface area contributed by atoms with Crippen LogP contribution in [0, 0.1) is 11.3 Å². The minimum absolute atomic E-state index is 0.0246. The topological polar surface area (TPSA) is 97.6 Å². The Kier molecular flexibility index (Phi) is 7.92. The lowest BCUT2D eigenvalue weighted by atomic mass is 10.1. The van der Waals surface area contributed by atoms with E-state index in [1.807, 2.05) is 66.7 Å². The largest absolute Gasteiger partial charge is 0.513 e. The Balaban J connectivity index is 1.60. The summed E-state index contributed by atoms with van der Waals surface area (Å²) in [6.45, 7) is 1.55. The third-order valence-corrected chi connectivity index (χ3v) is 7.05.